The molecule has 1 saturated heterocycles. The van der Waals surface area contributed by atoms with Crippen LogP contribution >= 0.6 is 12.4 Å². The van der Waals surface area contributed by atoms with Gasteiger partial charge < -0.3 is 10.6 Å². The molecule has 0 saturated carbocycles. The number of amides is 1. The number of sulfonamides is 1. The number of carbonyl (C=O) groups is 1. The Bertz CT molecular complexity index is 336. The maximum Gasteiger partial charge on any atom is 0.239 e. The molecule has 1 fully saturated rings. The van der Waals surface area contributed by atoms with Crippen molar-refractivity contribution in [1.82, 2.24) is 9.21 Å². The zero-order valence-corrected chi connectivity index (χ0v) is 11.1. The van der Waals surface area contributed by atoms with E-state index in [4.69, 9.17) is 5.73 Å². The van der Waals surface area contributed by atoms with Gasteiger partial charge in [-0.3, -0.25) is 4.79 Å². The number of rotatable bonds is 2. The predicted octanol–water partition coefficient (Wildman–Crippen LogP) is -1.14. The molecule has 1 heterocycles. The van der Waals surface area contributed by atoms with Gasteiger partial charge in [0, 0.05) is 26.2 Å². The van der Waals surface area contributed by atoms with Crippen molar-refractivity contribution in [1.29, 1.82) is 0 Å². The molecule has 0 spiro atoms. The molecule has 0 aromatic rings. The van der Waals surface area contributed by atoms with Crippen molar-refractivity contribution in [2.45, 2.75) is 13.0 Å². The van der Waals surface area contributed by atoms with Gasteiger partial charge in [-0.15, -0.1) is 12.4 Å². The normalized spacial score (nSPS) is 20.1. The van der Waals surface area contributed by atoms with Crippen LogP contribution in [0.5, 0.6) is 0 Å². The predicted molar refractivity (Wildman–Crippen MR) is 63.9 cm³/mol. The van der Waals surface area contributed by atoms with E-state index in [2.05, 4.69) is 0 Å². The Labute approximate surface area is 102 Å². The summed E-state index contributed by atoms with van der Waals surface area (Å²) in [6.45, 7) is 3.20. The lowest BCUT2D eigenvalue weighted by molar-refractivity contribution is -0.133. The summed E-state index contributed by atoms with van der Waals surface area (Å²) in [4.78, 5) is 13.1. The van der Waals surface area contributed by atoms with E-state index in [0.29, 0.717) is 26.2 Å². The first-order valence-electron chi connectivity index (χ1n) is 4.82. The molecule has 6 nitrogen and oxygen atoms in total. The third-order valence-electron chi connectivity index (χ3n) is 2.41. The van der Waals surface area contributed by atoms with Crippen LogP contribution in [-0.4, -0.2) is 62.0 Å². The fraction of sp³-hybridized carbons (Fsp3) is 0.875. The van der Waals surface area contributed by atoms with Crippen LogP contribution in [0.15, 0.2) is 0 Å². The quantitative estimate of drug-likeness (QED) is 0.688. The van der Waals surface area contributed by atoms with Gasteiger partial charge in [-0.25, -0.2) is 8.42 Å². The van der Waals surface area contributed by atoms with Crippen molar-refractivity contribution in [2.75, 3.05) is 32.4 Å². The summed E-state index contributed by atoms with van der Waals surface area (Å²) in [5.74, 6) is -0.122. The minimum absolute atomic E-state index is 0. The summed E-state index contributed by atoms with van der Waals surface area (Å²) in [5, 5.41) is 0. The summed E-state index contributed by atoms with van der Waals surface area (Å²) >= 11 is 0. The molecule has 0 bridgehead atoms. The molecule has 0 aromatic carbocycles. The Hall–Kier alpha value is -0.370. The molecular formula is C8H18ClN3O3S. The second-order valence-electron chi connectivity index (χ2n) is 3.78. The molecule has 96 valence electrons. The van der Waals surface area contributed by atoms with Gasteiger partial charge in [-0.05, 0) is 6.92 Å². The number of hydrogen-bond acceptors (Lipinski definition) is 4. The SMILES string of the molecule is C[C@H](N)C(=O)N1CCN(S(C)(=O)=O)CC1.Cl. The molecule has 0 radical (unpaired) electrons. The van der Waals surface area contributed by atoms with Gasteiger partial charge in [0.05, 0.1) is 12.3 Å². The van der Waals surface area contributed by atoms with E-state index in [-0.39, 0.29) is 18.3 Å². The summed E-state index contributed by atoms with van der Waals surface area (Å²) in [7, 11) is -3.13. The van der Waals surface area contributed by atoms with Gasteiger partial charge in [-0.2, -0.15) is 4.31 Å². The largest absolute Gasteiger partial charge is 0.339 e. The molecule has 1 aliphatic heterocycles. The standard InChI is InChI=1S/C8H17N3O3S.ClH/c1-7(9)8(12)10-3-5-11(6-4-10)15(2,13)14;/h7H,3-6,9H2,1-2H3;1H/t7-;/m0./s1. The maximum absolute atomic E-state index is 11.5. The van der Waals surface area contributed by atoms with Crippen LogP contribution in [0.1, 0.15) is 6.92 Å². The van der Waals surface area contributed by atoms with Crippen molar-refractivity contribution in [3.05, 3.63) is 0 Å². The van der Waals surface area contributed by atoms with Crippen LogP contribution < -0.4 is 5.73 Å². The molecule has 0 aliphatic carbocycles. The van der Waals surface area contributed by atoms with E-state index in [1.54, 1.807) is 11.8 Å². The highest BCUT2D eigenvalue weighted by atomic mass is 35.5. The lowest BCUT2D eigenvalue weighted by Gasteiger charge is -2.34. The van der Waals surface area contributed by atoms with Crippen LogP contribution in [-0.2, 0) is 14.8 Å². The Morgan fingerprint density at radius 1 is 1.25 bits per heavy atom. The first-order valence-corrected chi connectivity index (χ1v) is 6.66. The van der Waals surface area contributed by atoms with Gasteiger partial charge in [0.25, 0.3) is 0 Å². The van der Waals surface area contributed by atoms with Crippen molar-refractivity contribution in [3.8, 4) is 0 Å². The molecule has 1 rings (SSSR count). The number of halogens is 1. The van der Waals surface area contributed by atoms with Crippen molar-refractivity contribution >= 4 is 28.3 Å². The summed E-state index contributed by atoms with van der Waals surface area (Å²) in [6, 6.07) is -0.519. The summed E-state index contributed by atoms with van der Waals surface area (Å²) in [5.41, 5.74) is 5.46. The Morgan fingerprint density at radius 3 is 2.00 bits per heavy atom. The molecule has 1 amide bonds. The minimum Gasteiger partial charge on any atom is -0.339 e. The topological polar surface area (TPSA) is 83.7 Å². The monoisotopic (exact) mass is 271 g/mol. The zero-order valence-electron chi connectivity index (χ0n) is 9.42. The molecule has 1 atom stereocenters. The van der Waals surface area contributed by atoms with Crippen LogP contribution in [0.2, 0.25) is 0 Å². The lowest BCUT2D eigenvalue weighted by Crippen LogP contribution is -2.53. The third-order valence-corrected chi connectivity index (χ3v) is 3.71. The minimum atomic E-state index is -3.13. The maximum atomic E-state index is 11.5. The van der Waals surface area contributed by atoms with E-state index in [1.807, 2.05) is 0 Å². The second-order valence-corrected chi connectivity index (χ2v) is 5.76. The van der Waals surface area contributed by atoms with Crippen molar-refractivity contribution < 1.29 is 13.2 Å². The molecule has 0 aromatic heterocycles. The molecular weight excluding hydrogens is 254 g/mol. The highest BCUT2D eigenvalue weighted by molar-refractivity contribution is 7.88. The summed E-state index contributed by atoms with van der Waals surface area (Å²) < 4.78 is 23.8. The highest BCUT2D eigenvalue weighted by Gasteiger charge is 2.26. The second kappa shape index (κ2) is 5.81. The Kier molecular flexibility index (Phi) is 5.67. The van der Waals surface area contributed by atoms with Crippen LogP contribution in [0.25, 0.3) is 0 Å². The number of piperazine rings is 1. The molecule has 16 heavy (non-hydrogen) atoms. The zero-order chi connectivity index (χ0) is 11.6. The highest BCUT2D eigenvalue weighted by Crippen LogP contribution is 2.06. The van der Waals surface area contributed by atoms with Crippen molar-refractivity contribution in [2.24, 2.45) is 5.73 Å². The van der Waals surface area contributed by atoms with Crippen LogP contribution in [0.3, 0.4) is 0 Å². The summed E-state index contributed by atoms with van der Waals surface area (Å²) in [6.07, 6.45) is 1.18. The Morgan fingerprint density at radius 2 is 1.69 bits per heavy atom. The van der Waals surface area contributed by atoms with Gasteiger partial charge in [0.15, 0.2) is 0 Å². The first kappa shape index (κ1) is 15.6. The van der Waals surface area contributed by atoms with E-state index in [9.17, 15) is 13.2 Å². The average molecular weight is 272 g/mol. The van der Waals surface area contributed by atoms with Crippen LogP contribution in [0, 0.1) is 0 Å². The fourth-order valence-corrected chi connectivity index (χ4v) is 2.35. The fourth-order valence-electron chi connectivity index (χ4n) is 1.53. The van der Waals surface area contributed by atoms with E-state index in [1.165, 1.54) is 10.6 Å². The first-order chi connectivity index (χ1) is 6.82. The van der Waals surface area contributed by atoms with Gasteiger partial charge in [0.1, 0.15) is 0 Å². The van der Waals surface area contributed by atoms with E-state index < -0.39 is 16.1 Å². The van der Waals surface area contributed by atoms with Crippen LogP contribution in [0.4, 0.5) is 0 Å². The Balaban J connectivity index is 0.00000225. The van der Waals surface area contributed by atoms with Gasteiger partial charge in [0.2, 0.25) is 15.9 Å². The van der Waals surface area contributed by atoms with Gasteiger partial charge >= 0.3 is 0 Å². The third kappa shape index (κ3) is 3.89. The lowest BCUT2D eigenvalue weighted by atomic mass is 10.2. The number of hydrogen-bond donors (Lipinski definition) is 1. The van der Waals surface area contributed by atoms with E-state index in [0.717, 1.165) is 0 Å². The molecule has 2 N–H and O–H groups in total. The van der Waals surface area contributed by atoms with Crippen molar-refractivity contribution in [3.63, 3.8) is 0 Å². The smallest absolute Gasteiger partial charge is 0.239 e. The molecule has 1 aliphatic rings. The number of carbonyl (C=O) groups excluding carboxylic acids is 1. The number of nitrogens with two attached hydrogens (primary N) is 1. The molecule has 0 unspecified atom stereocenters. The molecule has 8 heteroatoms. The average Bonchev–Trinajstić information content (AvgIpc) is 2.15. The van der Waals surface area contributed by atoms with Gasteiger partial charge in [-0.1, -0.05) is 0 Å². The van der Waals surface area contributed by atoms with E-state index >= 15 is 0 Å². The number of nitrogens with zero attached hydrogens (tertiary/aromatic N) is 2.